The fourth-order valence-corrected chi connectivity index (χ4v) is 6.94. The maximum atomic E-state index is 13.0. The van der Waals surface area contributed by atoms with E-state index in [1.165, 1.54) is 89.9 Å². The predicted molar refractivity (Wildman–Crippen MR) is 217 cm³/mol. The number of hydrogen-bond acceptors (Lipinski definition) is 7. The van der Waals surface area contributed by atoms with Crippen molar-refractivity contribution in [3.8, 4) is 0 Å². The second-order valence-corrected chi connectivity index (χ2v) is 15.3. The smallest absolute Gasteiger partial charge is 0.308 e. The average molecular weight is 725 g/mol. The number of carbonyl (C=O) groups excluding carboxylic acids is 2. The second kappa shape index (κ2) is 40.0. The van der Waals surface area contributed by atoms with Crippen LogP contribution in [0, 0.1) is 11.8 Å². The first-order valence-corrected chi connectivity index (χ1v) is 22.4. The van der Waals surface area contributed by atoms with E-state index in [2.05, 4.69) is 37.9 Å². The first-order chi connectivity index (χ1) is 25.0. The number of esters is 2. The minimum absolute atomic E-state index is 0.00215. The highest BCUT2D eigenvalue weighted by Gasteiger charge is 2.20. The zero-order chi connectivity index (χ0) is 37.5. The van der Waals surface area contributed by atoms with Gasteiger partial charge in [0.15, 0.2) is 0 Å². The number of carbonyl (C=O) groups is 2. The maximum absolute atomic E-state index is 13.0. The second-order valence-electron chi connectivity index (χ2n) is 15.3. The zero-order valence-electron chi connectivity index (χ0n) is 34.6. The molecule has 0 aromatic heterocycles. The lowest BCUT2D eigenvalue weighted by atomic mass is 9.94. The van der Waals surface area contributed by atoms with Crippen LogP contribution in [0.1, 0.15) is 207 Å². The molecule has 0 bridgehead atoms. The maximum Gasteiger partial charge on any atom is 0.308 e. The monoisotopic (exact) mass is 725 g/mol. The molecule has 51 heavy (non-hydrogen) atoms. The Kier molecular flexibility index (Phi) is 39.1. The Balaban J connectivity index is 4.44. The molecule has 0 amide bonds. The number of ether oxygens (including phenoxy) is 2. The Labute approximate surface area is 317 Å². The minimum Gasteiger partial charge on any atom is -0.465 e. The van der Waals surface area contributed by atoms with Crippen LogP contribution in [0.5, 0.6) is 0 Å². The molecule has 2 atom stereocenters. The fraction of sp³-hybridized carbons (Fsp3) is 0.955. The molecule has 2 unspecified atom stereocenters. The number of aliphatic hydroxyl groups is 1. The van der Waals surface area contributed by atoms with Crippen LogP contribution >= 0.6 is 0 Å². The van der Waals surface area contributed by atoms with E-state index < -0.39 is 0 Å². The van der Waals surface area contributed by atoms with Crippen LogP contribution in [0.25, 0.3) is 0 Å². The Hall–Kier alpha value is -1.18. The van der Waals surface area contributed by atoms with E-state index in [4.69, 9.17) is 9.47 Å². The van der Waals surface area contributed by atoms with E-state index in [9.17, 15) is 14.7 Å². The molecule has 0 spiro atoms. The molecular weight excluding hydrogens is 636 g/mol. The molecule has 2 N–H and O–H groups in total. The minimum atomic E-state index is -0.0117. The van der Waals surface area contributed by atoms with Crippen LogP contribution < -0.4 is 5.32 Å². The van der Waals surface area contributed by atoms with Gasteiger partial charge in [-0.1, -0.05) is 137 Å². The fourth-order valence-electron chi connectivity index (χ4n) is 6.94. The SMILES string of the molecule is CCCCCCCCCC(CCNCCC)C(=O)OCCCCN(CCCO)CCCCCOC(=O)C(CCCCCC)CCCCCCCC. The summed E-state index contributed by atoms with van der Waals surface area (Å²) >= 11 is 0. The predicted octanol–water partition coefficient (Wildman–Crippen LogP) is 11.2. The third-order valence-corrected chi connectivity index (χ3v) is 10.3. The molecule has 0 aliphatic rings. The van der Waals surface area contributed by atoms with Gasteiger partial charge in [-0.3, -0.25) is 9.59 Å². The van der Waals surface area contributed by atoms with Crippen LogP contribution in [0.4, 0.5) is 0 Å². The van der Waals surface area contributed by atoms with E-state index in [0.717, 1.165) is 123 Å². The number of nitrogens with zero attached hydrogens (tertiary/aromatic N) is 1. The first-order valence-electron chi connectivity index (χ1n) is 22.4. The van der Waals surface area contributed by atoms with Crippen LogP contribution in [0.3, 0.4) is 0 Å². The van der Waals surface area contributed by atoms with Gasteiger partial charge in [0.25, 0.3) is 0 Å². The van der Waals surface area contributed by atoms with E-state index >= 15 is 0 Å². The molecule has 304 valence electrons. The van der Waals surface area contributed by atoms with E-state index in [1.54, 1.807) is 0 Å². The van der Waals surface area contributed by atoms with E-state index in [1.807, 2.05) is 0 Å². The summed E-state index contributed by atoms with van der Waals surface area (Å²) in [5.41, 5.74) is 0. The van der Waals surface area contributed by atoms with Gasteiger partial charge < -0.3 is 24.8 Å². The Morgan fingerprint density at radius 2 is 0.863 bits per heavy atom. The summed E-state index contributed by atoms with van der Waals surface area (Å²) in [5.74, 6) is 0.0901. The molecule has 0 radical (unpaired) electrons. The number of unbranched alkanes of at least 4 members (excludes halogenated alkanes) is 17. The summed E-state index contributed by atoms with van der Waals surface area (Å²) in [6.45, 7) is 14.8. The van der Waals surface area contributed by atoms with Gasteiger partial charge in [0.2, 0.25) is 0 Å². The number of aliphatic hydroxyl groups excluding tert-OH is 1. The molecular formula is C44H88N2O5. The van der Waals surface area contributed by atoms with Gasteiger partial charge in [0, 0.05) is 13.2 Å². The highest BCUT2D eigenvalue weighted by molar-refractivity contribution is 5.72. The molecule has 0 saturated heterocycles. The Bertz CT molecular complexity index is 736. The molecule has 7 nitrogen and oxygen atoms in total. The van der Waals surface area contributed by atoms with Crippen LogP contribution in [0.2, 0.25) is 0 Å². The summed E-state index contributed by atoms with van der Waals surface area (Å²) in [6.07, 6.45) is 31.7. The van der Waals surface area contributed by atoms with Gasteiger partial charge in [-0.15, -0.1) is 0 Å². The van der Waals surface area contributed by atoms with Gasteiger partial charge in [0.1, 0.15) is 0 Å². The molecule has 0 aromatic carbocycles. The lowest BCUT2D eigenvalue weighted by molar-refractivity contribution is -0.150. The first kappa shape index (κ1) is 49.8. The standard InChI is InChI=1S/C44H88N2O5/c1-5-9-12-15-17-19-23-31-42(32-34-45-33-8-4)44(49)51-40-27-25-36-46(37-28-38-47)35-24-20-26-39-50-43(48)41(29-21-14-11-7-3)30-22-18-16-13-10-6-2/h41-42,45,47H,5-40H2,1-4H3. The van der Waals surface area contributed by atoms with E-state index in [0.29, 0.717) is 13.2 Å². The van der Waals surface area contributed by atoms with Crippen LogP contribution in [-0.2, 0) is 19.1 Å². The summed E-state index contributed by atoms with van der Waals surface area (Å²) in [7, 11) is 0. The molecule has 0 heterocycles. The quantitative estimate of drug-likeness (QED) is 0.0479. The Morgan fingerprint density at radius 3 is 1.35 bits per heavy atom. The molecule has 0 fully saturated rings. The highest BCUT2D eigenvalue weighted by atomic mass is 16.5. The highest BCUT2D eigenvalue weighted by Crippen LogP contribution is 2.21. The Morgan fingerprint density at radius 1 is 0.471 bits per heavy atom. The number of nitrogens with one attached hydrogen (secondary N) is 1. The van der Waals surface area contributed by atoms with Crippen molar-refractivity contribution in [2.45, 2.75) is 207 Å². The van der Waals surface area contributed by atoms with Crippen molar-refractivity contribution in [1.82, 2.24) is 10.2 Å². The molecule has 0 rings (SSSR count). The van der Waals surface area contributed by atoms with Gasteiger partial charge in [-0.25, -0.2) is 0 Å². The van der Waals surface area contributed by atoms with Crippen molar-refractivity contribution < 1.29 is 24.2 Å². The van der Waals surface area contributed by atoms with Crippen molar-refractivity contribution in [2.24, 2.45) is 11.8 Å². The molecule has 0 aliphatic heterocycles. The summed E-state index contributed by atoms with van der Waals surface area (Å²) in [4.78, 5) is 28.4. The molecule has 0 aliphatic carbocycles. The summed E-state index contributed by atoms with van der Waals surface area (Å²) in [6, 6.07) is 0. The molecule has 7 heteroatoms. The van der Waals surface area contributed by atoms with Crippen molar-refractivity contribution in [3.05, 3.63) is 0 Å². The van der Waals surface area contributed by atoms with Crippen molar-refractivity contribution in [2.75, 3.05) is 52.5 Å². The molecule has 0 saturated carbocycles. The topological polar surface area (TPSA) is 88.1 Å². The van der Waals surface area contributed by atoms with Crippen LogP contribution in [0.15, 0.2) is 0 Å². The lowest BCUT2D eigenvalue weighted by Gasteiger charge is -2.22. The number of rotatable bonds is 41. The van der Waals surface area contributed by atoms with Gasteiger partial charge >= 0.3 is 11.9 Å². The summed E-state index contributed by atoms with van der Waals surface area (Å²) < 4.78 is 11.6. The van der Waals surface area contributed by atoms with Crippen LogP contribution in [-0.4, -0.2) is 74.5 Å². The normalized spacial score (nSPS) is 12.7. The van der Waals surface area contributed by atoms with Crippen molar-refractivity contribution >= 4 is 11.9 Å². The van der Waals surface area contributed by atoms with Gasteiger partial charge in [0.05, 0.1) is 25.0 Å². The molecule has 0 aromatic rings. The van der Waals surface area contributed by atoms with Crippen molar-refractivity contribution in [3.63, 3.8) is 0 Å². The number of hydrogen-bond donors (Lipinski definition) is 2. The third-order valence-electron chi connectivity index (χ3n) is 10.3. The van der Waals surface area contributed by atoms with E-state index in [-0.39, 0.29) is 30.4 Å². The largest absolute Gasteiger partial charge is 0.465 e. The van der Waals surface area contributed by atoms with Crippen molar-refractivity contribution in [1.29, 1.82) is 0 Å². The van der Waals surface area contributed by atoms with Gasteiger partial charge in [-0.2, -0.15) is 0 Å². The van der Waals surface area contributed by atoms with Gasteiger partial charge in [-0.05, 0) is 96.8 Å². The third kappa shape index (κ3) is 33.1. The lowest BCUT2D eigenvalue weighted by Crippen LogP contribution is -2.28. The summed E-state index contributed by atoms with van der Waals surface area (Å²) in [5, 5.41) is 12.9. The zero-order valence-corrected chi connectivity index (χ0v) is 34.6. The average Bonchev–Trinajstić information content (AvgIpc) is 3.13.